The molecule has 0 N–H and O–H groups in total. The van der Waals surface area contributed by atoms with E-state index in [1.165, 1.54) is 32.1 Å². The van der Waals surface area contributed by atoms with Gasteiger partial charge in [0.15, 0.2) is 5.41 Å². The molecule has 0 bridgehead atoms. The van der Waals surface area contributed by atoms with Gasteiger partial charge in [-0.05, 0) is 32.6 Å². The third-order valence-electron chi connectivity index (χ3n) is 5.24. The predicted molar refractivity (Wildman–Crippen MR) is 107 cm³/mol. The Morgan fingerprint density at radius 2 is 1.31 bits per heavy atom. The summed E-state index contributed by atoms with van der Waals surface area (Å²) in [7, 11) is 0. The first-order chi connectivity index (χ1) is 12.5. The molecule has 0 saturated carbocycles. The monoisotopic (exact) mass is 370 g/mol. The fourth-order valence-corrected chi connectivity index (χ4v) is 3.12. The average molecular weight is 371 g/mol. The van der Waals surface area contributed by atoms with Gasteiger partial charge in [0.25, 0.3) is 0 Å². The molecule has 154 valence electrons. The van der Waals surface area contributed by atoms with E-state index in [9.17, 15) is 9.59 Å². The molecule has 0 radical (unpaired) electrons. The van der Waals surface area contributed by atoms with Gasteiger partial charge in [-0.3, -0.25) is 9.59 Å². The minimum atomic E-state index is -1.15. The fourth-order valence-electron chi connectivity index (χ4n) is 3.12. The Morgan fingerprint density at radius 1 is 0.769 bits per heavy atom. The fraction of sp³-hybridized carbons (Fsp3) is 0.909. The molecule has 0 saturated heterocycles. The third-order valence-corrected chi connectivity index (χ3v) is 5.24. The highest BCUT2D eigenvalue weighted by atomic mass is 16.6. The van der Waals surface area contributed by atoms with E-state index in [1.807, 2.05) is 20.8 Å². The lowest BCUT2D eigenvalue weighted by Crippen LogP contribution is -2.42. The molecular formula is C22H42O4. The highest BCUT2D eigenvalue weighted by Crippen LogP contribution is 2.31. The van der Waals surface area contributed by atoms with Gasteiger partial charge >= 0.3 is 11.9 Å². The van der Waals surface area contributed by atoms with E-state index in [0.717, 1.165) is 32.1 Å². The molecular weight excluding hydrogens is 328 g/mol. The van der Waals surface area contributed by atoms with Crippen LogP contribution >= 0.6 is 0 Å². The average Bonchev–Trinajstić information content (AvgIpc) is 2.63. The zero-order valence-corrected chi connectivity index (χ0v) is 17.9. The van der Waals surface area contributed by atoms with Crippen LogP contribution in [-0.2, 0) is 19.1 Å². The van der Waals surface area contributed by atoms with E-state index in [2.05, 4.69) is 13.8 Å². The number of hydrogen-bond acceptors (Lipinski definition) is 4. The van der Waals surface area contributed by atoms with Crippen LogP contribution in [0.5, 0.6) is 0 Å². The van der Waals surface area contributed by atoms with E-state index in [-0.39, 0.29) is 6.10 Å². The molecule has 0 fully saturated rings. The molecule has 0 spiro atoms. The van der Waals surface area contributed by atoms with Gasteiger partial charge < -0.3 is 9.47 Å². The van der Waals surface area contributed by atoms with Crippen LogP contribution in [0.4, 0.5) is 0 Å². The highest BCUT2D eigenvalue weighted by Gasteiger charge is 2.46. The van der Waals surface area contributed by atoms with Gasteiger partial charge in [0, 0.05) is 0 Å². The number of unbranched alkanes of at least 4 members (excludes halogenated alkanes) is 7. The summed E-state index contributed by atoms with van der Waals surface area (Å²) >= 11 is 0. The van der Waals surface area contributed by atoms with Gasteiger partial charge in [-0.15, -0.1) is 0 Å². The summed E-state index contributed by atoms with van der Waals surface area (Å²) < 4.78 is 11.0. The summed E-state index contributed by atoms with van der Waals surface area (Å²) in [5.41, 5.74) is -1.15. The molecule has 0 heterocycles. The van der Waals surface area contributed by atoms with Crippen molar-refractivity contribution in [2.24, 2.45) is 5.41 Å². The van der Waals surface area contributed by atoms with Gasteiger partial charge in [0.1, 0.15) is 0 Å². The second-order valence-electron chi connectivity index (χ2n) is 7.40. The van der Waals surface area contributed by atoms with Crippen LogP contribution in [-0.4, -0.2) is 24.6 Å². The summed E-state index contributed by atoms with van der Waals surface area (Å²) in [5.74, 6) is -0.836. The number of carbonyl (C=O) groups is 2. The molecule has 1 unspecified atom stereocenters. The maximum atomic E-state index is 12.7. The Morgan fingerprint density at radius 3 is 1.85 bits per heavy atom. The Balaban J connectivity index is 4.38. The first-order valence-corrected chi connectivity index (χ1v) is 10.9. The number of esters is 2. The molecule has 0 aromatic rings. The molecule has 1 atom stereocenters. The van der Waals surface area contributed by atoms with Crippen molar-refractivity contribution >= 4 is 11.9 Å². The smallest absolute Gasteiger partial charge is 0.323 e. The Labute approximate surface area is 161 Å². The lowest BCUT2D eigenvalue weighted by molar-refractivity contribution is -0.176. The van der Waals surface area contributed by atoms with Gasteiger partial charge in [0.2, 0.25) is 0 Å². The van der Waals surface area contributed by atoms with Crippen molar-refractivity contribution < 1.29 is 19.1 Å². The molecule has 26 heavy (non-hydrogen) atoms. The Hall–Kier alpha value is -1.06. The largest absolute Gasteiger partial charge is 0.465 e. The minimum absolute atomic E-state index is 0.157. The molecule has 0 aromatic carbocycles. The molecule has 0 amide bonds. The van der Waals surface area contributed by atoms with Crippen LogP contribution in [0.3, 0.4) is 0 Å². The van der Waals surface area contributed by atoms with Crippen LogP contribution in [0.15, 0.2) is 0 Å². The zero-order valence-electron chi connectivity index (χ0n) is 17.9. The second kappa shape index (κ2) is 15.0. The van der Waals surface area contributed by atoms with Crippen LogP contribution in [0, 0.1) is 5.41 Å². The summed E-state index contributed by atoms with van der Waals surface area (Å²) in [6.45, 7) is 10.3. The molecule has 0 aliphatic carbocycles. The first kappa shape index (κ1) is 24.9. The van der Waals surface area contributed by atoms with Crippen molar-refractivity contribution in [3.05, 3.63) is 0 Å². The maximum absolute atomic E-state index is 12.7. The maximum Gasteiger partial charge on any atom is 0.323 e. The van der Waals surface area contributed by atoms with Crippen LogP contribution in [0.25, 0.3) is 0 Å². The second-order valence-corrected chi connectivity index (χ2v) is 7.40. The number of rotatable bonds is 16. The van der Waals surface area contributed by atoms with E-state index in [1.54, 1.807) is 0 Å². The van der Waals surface area contributed by atoms with Gasteiger partial charge in [0.05, 0.1) is 12.7 Å². The third kappa shape index (κ3) is 9.05. The van der Waals surface area contributed by atoms with Crippen molar-refractivity contribution in [1.82, 2.24) is 0 Å². The SMILES string of the molecule is CCCCCCCCCOC(=O)C(CC)(CC)C(=O)OC(C)CCCC. The van der Waals surface area contributed by atoms with E-state index < -0.39 is 17.4 Å². The van der Waals surface area contributed by atoms with Crippen molar-refractivity contribution in [3.8, 4) is 0 Å². The highest BCUT2D eigenvalue weighted by molar-refractivity contribution is 6.00. The van der Waals surface area contributed by atoms with Crippen molar-refractivity contribution in [1.29, 1.82) is 0 Å². The first-order valence-electron chi connectivity index (χ1n) is 10.9. The van der Waals surface area contributed by atoms with Gasteiger partial charge in [-0.2, -0.15) is 0 Å². The molecule has 0 aliphatic heterocycles. The minimum Gasteiger partial charge on any atom is -0.465 e. The normalized spacial score (nSPS) is 12.7. The molecule has 0 aliphatic rings. The lowest BCUT2D eigenvalue weighted by atomic mass is 9.82. The summed E-state index contributed by atoms with van der Waals surface area (Å²) in [6.07, 6.45) is 11.8. The molecule has 4 heteroatoms. The van der Waals surface area contributed by atoms with Gasteiger partial charge in [-0.1, -0.05) is 79.1 Å². The number of carbonyl (C=O) groups excluding carboxylic acids is 2. The van der Waals surface area contributed by atoms with Crippen molar-refractivity contribution in [2.75, 3.05) is 6.61 Å². The van der Waals surface area contributed by atoms with Crippen LogP contribution in [0.2, 0.25) is 0 Å². The Kier molecular flexibility index (Phi) is 14.4. The summed E-state index contributed by atoms with van der Waals surface area (Å²) in [6, 6.07) is 0. The molecule has 4 nitrogen and oxygen atoms in total. The standard InChI is InChI=1S/C22H42O4/c1-6-10-12-13-14-15-16-18-25-20(23)22(8-3,9-4)21(24)26-19(5)17-11-7-2/h19H,6-18H2,1-5H3. The lowest BCUT2D eigenvalue weighted by Gasteiger charge is -2.28. The summed E-state index contributed by atoms with van der Waals surface area (Å²) in [4.78, 5) is 25.3. The topological polar surface area (TPSA) is 52.6 Å². The van der Waals surface area contributed by atoms with Crippen LogP contribution < -0.4 is 0 Å². The molecule has 0 rings (SSSR count). The van der Waals surface area contributed by atoms with E-state index in [4.69, 9.17) is 9.47 Å². The van der Waals surface area contributed by atoms with Crippen molar-refractivity contribution in [3.63, 3.8) is 0 Å². The molecule has 0 aromatic heterocycles. The zero-order chi connectivity index (χ0) is 19.8. The number of hydrogen-bond donors (Lipinski definition) is 0. The van der Waals surface area contributed by atoms with E-state index >= 15 is 0 Å². The number of ether oxygens (including phenoxy) is 2. The van der Waals surface area contributed by atoms with Gasteiger partial charge in [-0.25, -0.2) is 0 Å². The van der Waals surface area contributed by atoms with Crippen LogP contribution in [0.1, 0.15) is 112 Å². The quantitative estimate of drug-likeness (QED) is 0.184. The Bertz CT molecular complexity index is 374. The summed E-state index contributed by atoms with van der Waals surface area (Å²) in [5, 5.41) is 0. The van der Waals surface area contributed by atoms with Crippen molar-refractivity contribution in [2.45, 2.75) is 118 Å². The van der Waals surface area contributed by atoms with E-state index in [0.29, 0.717) is 19.4 Å². The predicted octanol–water partition coefficient (Wildman–Crippen LogP) is 6.21.